The molecular formula is C13H29N3O2S. The van der Waals surface area contributed by atoms with Crippen LogP contribution >= 0.6 is 11.8 Å². The molecular weight excluding hydrogens is 262 g/mol. The van der Waals surface area contributed by atoms with Crippen LogP contribution in [0.5, 0.6) is 0 Å². The third-order valence-corrected chi connectivity index (χ3v) is 3.50. The first-order valence-electron chi connectivity index (χ1n) is 6.69. The lowest BCUT2D eigenvalue weighted by molar-refractivity contribution is -0.133. The highest BCUT2D eigenvalue weighted by Crippen LogP contribution is 2.04. The van der Waals surface area contributed by atoms with E-state index in [0.29, 0.717) is 13.2 Å². The van der Waals surface area contributed by atoms with E-state index < -0.39 is 0 Å². The molecule has 0 aliphatic heterocycles. The number of methoxy groups -OCH3 is 1. The molecule has 0 aromatic rings. The Kier molecular flexibility index (Phi) is 11.3. The molecule has 0 heterocycles. The Morgan fingerprint density at radius 3 is 2.53 bits per heavy atom. The molecule has 0 saturated heterocycles. The number of hydrogen-bond acceptors (Lipinski definition) is 5. The van der Waals surface area contributed by atoms with Crippen LogP contribution in [0.3, 0.4) is 0 Å². The highest BCUT2D eigenvalue weighted by molar-refractivity contribution is 7.98. The van der Waals surface area contributed by atoms with Gasteiger partial charge in [0.15, 0.2) is 0 Å². The number of nitrogens with zero attached hydrogens (tertiary/aromatic N) is 2. The van der Waals surface area contributed by atoms with E-state index in [9.17, 15) is 4.79 Å². The van der Waals surface area contributed by atoms with Crippen molar-refractivity contribution in [3.8, 4) is 0 Å². The lowest BCUT2D eigenvalue weighted by atomic mass is 10.2. The van der Waals surface area contributed by atoms with Crippen molar-refractivity contribution in [1.82, 2.24) is 9.80 Å². The van der Waals surface area contributed by atoms with Gasteiger partial charge in [0.1, 0.15) is 0 Å². The molecule has 0 bridgehead atoms. The van der Waals surface area contributed by atoms with Crippen LogP contribution in [0.4, 0.5) is 0 Å². The minimum absolute atomic E-state index is 0.0462. The summed E-state index contributed by atoms with van der Waals surface area (Å²) < 4.78 is 5.06. The summed E-state index contributed by atoms with van der Waals surface area (Å²) >= 11 is 1.72. The second-order valence-corrected chi connectivity index (χ2v) is 5.85. The number of ether oxygens (including phenoxy) is 1. The Labute approximate surface area is 121 Å². The Morgan fingerprint density at radius 2 is 2.00 bits per heavy atom. The van der Waals surface area contributed by atoms with Crippen LogP contribution in [0, 0.1) is 0 Å². The van der Waals surface area contributed by atoms with Crippen LogP contribution in [-0.4, -0.2) is 81.2 Å². The first-order chi connectivity index (χ1) is 9.02. The number of nitrogens with two attached hydrogens (primary N) is 1. The minimum atomic E-state index is -0.385. The maximum Gasteiger partial charge on any atom is 0.239 e. The number of carbonyl (C=O) groups is 1. The maximum absolute atomic E-state index is 12.3. The number of rotatable bonds is 11. The van der Waals surface area contributed by atoms with Crippen molar-refractivity contribution in [3.05, 3.63) is 0 Å². The van der Waals surface area contributed by atoms with Crippen molar-refractivity contribution in [3.63, 3.8) is 0 Å². The second-order valence-electron chi connectivity index (χ2n) is 4.86. The van der Waals surface area contributed by atoms with E-state index in [1.54, 1.807) is 18.9 Å². The molecule has 5 nitrogen and oxygen atoms in total. The molecule has 1 atom stereocenters. The molecule has 1 amide bonds. The standard InChI is InChI=1S/C13H29N3O2S/c1-15(2)7-5-8-16(9-10-18-3)13(17)12(14)6-11-19-4/h12H,5-11,14H2,1-4H3/t12-/m0/s1. The van der Waals surface area contributed by atoms with E-state index >= 15 is 0 Å². The van der Waals surface area contributed by atoms with Crippen LogP contribution < -0.4 is 5.73 Å². The zero-order chi connectivity index (χ0) is 14.7. The van der Waals surface area contributed by atoms with Gasteiger partial charge in [-0.1, -0.05) is 0 Å². The van der Waals surface area contributed by atoms with Gasteiger partial charge >= 0.3 is 0 Å². The summed E-state index contributed by atoms with van der Waals surface area (Å²) in [6, 6.07) is -0.385. The van der Waals surface area contributed by atoms with E-state index in [0.717, 1.165) is 31.7 Å². The van der Waals surface area contributed by atoms with Gasteiger partial charge in [0.2, 0.25) is 5.91 Å². The van der Waals surface area contributed by atoms with Crippen molar-refractivity contribution in [2.45, 2.75) is 18.9 Å². The number of thioether (sulfide) groups is 1. The van der Waals surface area contributed by atoms with E-state index in [2.05, 4.69) is 4.90 Å². The third kappa shape index (κ3) is 9.27. The van der Waals surface area contributed by atoms with Crippen molar-refractivity contribution >= 4 is 17.7 Å². The average Bonchev–Trinajstić information content (AvgIpc) is 2.38. The summed E-state index contributed by atoms with van der Waals surface area (Å²) in [6.45, 7) is 2.89. The lowest BCUT2D eigenvalue weighted by Gasteiger charge is -2.26. The normalized spacial score (nSPS) is 12.7. The highest BCUT2D eigenvalue weighted by atomic mass is 32.2. The molecule has 0 aromatic heterocycles. The monoisotopic (exact) mass is 291 g/mol. The van der Waals surface area contributed by atoms with Crippen molar-refractivity contribution < 1.29 is 9.53 Å². The molecule has 0 saturated carbocycles. The molecule has 2 N–H and O–H groups in total. The fourth-order valence-electron chi connectivity index (χ4n) is 1.71. The summed E-state index contributed by atoms with van der Waals surface area (Å²) in [7, 11) is 5.72. The molecule has 0 unspecified atom stereocenters. The third-order valence-electron chi connectivity index (χ3n) is 2.86. The van der Waals surface area contributed by atoms with Crippen LogP contribution in [0.2, 0.25) is 0 Å². The van der Waals surface area contributed by atoms with Gasteiger partial charge in [-0.25, -0.2) is 0 Å². The van der Waals surface area contributed by atoms with Crippen molar-refractivity contribution in [2.75, 3.05) is 59.5 Å². The van der Waals surface area contributed by atoms with Gasteiger partial charge in [0.25, 0.3) is 0 Å². The highest BCUT2D eigenvalue weighted by Gasteiger charge is 2.20. The van der Waals surface area contributed by atoms with E-state index in [-0.39, 0.29) is 11.9 Å². The molecule has 19 heavy (non-hydrogen) atoms. The van der Waals surface area contributed by atoms with Gasteiger partial charge < -0.3 is 20.3 Å². The molecule has 0 radical (unpaired) electrons. The quantitative estimate of drug-likeness (QED) is 0.600. The summed E-state index contributed by atoms with van der Waals surface area (Å²) in [4.78, 5) is 16.2. The predicted octanol–water partition coefficient (Wildman–Crippen LogP) is 0.494. The molecule has 0 spiro atoms. The fraction of sp³-hybridized carbons (Fsp3) is 0.923. The van der Waals surface area contributed by atoms with Gasteiger partial charge in [0, 0.05) is 20.2 Å². The Bertz CT molecular complexity index is 240. The Hall–Kier alpha value is -0.300. The molecule has 6 heteroatoms. The molecule has 0 rings (SSSR count). The van der Waals surface area contributed by atoms with Crippen LogP contribution in [0.1, 0.15) is 12.8 Å². The molecule has 0 fully saturated rings. The topological polar surface area (TPSA) is 58.8 Å². The van der Waals surface area contributed by atoms with Crippen LogP contribution in [0.25, 0.3) is 0 Å². The number of carbonyl (C=O) groups excluding carboxylic acids is 1. The predicted molar refractivity (Wildman–Crippen MR) is 82.6 cm³/mol. The van der Waals surface area contributed by atoms with Gasteiger partial charge in [0.05, 0.1) is 12.6 Å². The lowest BCUT2D eigenvalue weighted by Crippen LogP contribution is -2.46. The zero-order valence-electron chi connectivity index (χ0n) is 12.7. The average molecular weight is 291 g/mol. The smallest absolute Gasteiger partial charge is 0.239 e. The van der Waals surface area contributed by atoms with Gasteiger partial charge in [-0.05, 0) is 45.5 Å². The largest absolute Gasteiger partial charge is 0.383 e. The fourth-order valence-corrected chi connectivity index (χ4v) is 2.20. The Balaban J connectivity index is 4.24. The summed E-state index contributed by atoms with van der Waals surface area (Å²) in [5.41, 5.74) is 5.95. The van der Waals surface area contributed by atoms with Crippen LogP contribution in [-0.2, 0) is 9.53 Å². The van der Waals surface area contributed by atoms with Crippen molar-refractivity contribution in [1.29, 1.82) is 0 Å². The van der Waals surface area contributed by atoms with Crippen molar-refractivity contribution in [2.24, 2.45) is 5.73 Å². The summed E-state index contributed by atoms with van der Waals surface area (Å²) in [5, 5.41) is 0. The number of hydrogen-bond donors (Lipinski definition) is 1. The van der Waals surface area contributed by atoms with E-state index in [4.69, 9.17) is 10.5 Å². The molecule has 0 aliphatic carbocycles. The molecule has 0 aliphatic rings. The Morgan fingerprint density at radius 1 is 1.32 bits per heavy atom. The van der Waals surface area contributed by atoms with Gasteiger partial charge in [-0.15, -0.1) is 0 Å². The summed E-state index contributed by atoms with van der Waals surface area (Å²) in [6.07, 6.45) is 3.71. The second kappa shape index (κ2) is 11.5. The molecule has 0 aromatic carbocycles. The minimum Gasteiger partial charge on any atom is -0.383 e. The first-order valence-corrected chi connectivity index (χ1v) is 8.09. The van der Waals surface area contributed by atoms with E-state index in [1.165, 1.54) is 0 Å². The van der Waals surface area contributed by atoms with Crippen LogP contribution in [0.15, 0.2) is 0 Å². The molecule has 114 valence electrons. The van der Waals surface area contributed by atoms with Gasteiger partial charge in [-0.3, -0.25) is 4.79 Å². The first kappa shape index (κ1) is 18.7. The number of amides is 1. The summed E-state index contributed by atoms with van der Waals surface area (Å²) in [5.74, 6) is 0.966. The SMILES string of the molecule is COCCN(CCCN(C)C)C(=O)[C@@H](N)CCSC. The maximum atomic E-state index is 12.3. The van der Waals surface area contributed by atoms with E-state index in [1.807, 2.05) is 25.3 Å². The zero-order valence-corrected chi connectivity index (χ0v) is 13.5. The van der Waals surface area contributed by atoms with Gasteiger partial charge in [-0.2, -0.15) is 11.8 Å².